The number of nitrogens with two attached hydrogens (primary N) is 1. The van der Waals surface area contributed by atoms with Gasteiger partial charge in [-0.3, -0.25) is 9.59 Å². The zero-order valence-electron chi connectivity index (χ0n) is 12.3. The van der Waals surface area contributed by atoms with Crippen molar-refractivity contribution in [2.24, 2.45) is 0 Å². The van der Waals surface area contributed by atoms with E-state index in [1.54, 1.807) is 31.4 Å². The van der Waals surface area contributed by atoms with Crippen LogP contribution < -0.4 is 15.8 Å². The summed E-state index contributed by atoms with van der Waals surface area (Å²) in [6.07, 6.45) is 0. The van der Waals surface area contributed by atoms with Gasteiger partial charge in [-0.25, -0.2) is 0 Å². The highest BCUT2D eigenvalue weighted by Gasteiger charge is 2.13. The van der Waals surface area contributed by atoms with Gasteiger partial charge in [-0.2, -0.15) is 0 Å². The van der Waals surface area contributed by atoms with Crippen LogP contribution in [0.3, 0.4) is 0 Å². The second-order valence-corrected chi connectivity index (χ2v) is 4.42. The summed E-state index contributed by atoms with van der Waals surface area (Å²) in [5, 5.41) is 2.63. The molecule has 3 N–H and O–H groups in total. The molecule has 0 radical (unpaired) electrons. The van der Waals surface area contributed by atoms with E-state index in [1.807, 2.05) is 0 Å². The van der Waals surface area contributed by atoms with E-state index in [4.69, 9.17) is 15.2 Å². The number of nitrogens with zero attached hydrogens (tertiary/aromatic N) is 1. The van der Waals surface area contributed by atoms with E-state index >= 15 is 0 Å². The number of benzene rings is 1. The SMILES string of the molecule is COCCNC(=O)CN(C)C(=O)COc1ccccc1N. The predicted molar refractivity (Wildman–Crippen MR) is 78.9 cm³/mol. The fraction of sp³-hybridized carbons (Fsp3) is 0.429. The van der Waals surface area contributed by atoms with Crippen LogP contribution in [0.25, 0.3) is 0 Å². The smallest absolute Gasteiger partial charge is 0.260 e. The van der Waals surface area contributed by atoms with Crippen LogP contribution in [0.1, 0.15) is 0 Å². The molecular formula is C14H21N3O4. The molecule has 0 saturated carbocycles. The van der Waals surface area contributed by atoms with Crippen molar-refractivity contribution in [1.29, 1.82) is 0 Å². The average molecular weight is 295 g/mol. The summed E-state index contributed by atoms with van der Waals surface area (Å²) in [5.74, 6) is -0.105. The highest BCUT2D eigenvalue weighted by atomic mass is 16.5. The lowest BCUT2D eigenvalue weighted by molar-refractivity contribution is -0.136. The summed E-state index contributed by atoms with van der Waals surface area (Å²) >= 11 is 0. The number of anilines is 1. The molecule has 0 saturated heterocycles. The largest absolute Gasteiger partial charge is 0.482 e. The number of nitrogens with one attached hydrogen (secondary N) is 1. The number of rotatable bonds is 8. The molecule has 0 atom stereocenters. The lowest BCUT2D eigenvalue weighted by Crippen LogP contribution is -2.41. The predicted octanol–water partition coefficient (Wildman–Crippen LogP) is -0.131. The third-order valence-electron chi connectivity index (χ3n) is 2.71. The third kappa shape index (κ3) is 6.13. The molecule has 21 heavy (non-hydrogen) atoms. The minimum Gasteiger partial charge on any atom is -0.482 e. The Morgan fingerprint density at radius 1 is 1.33 bits per heavy atom. The van der Waals surface area contributed by atoms with E-state index in [2.05, 4.69) is 5.32 Å². The third-order valence-corrected chi connectivity index (χ3v) is 2.71. The molecule has 0 aliphatic rings. The zero-order valence-corrected chi connectivity index (χ0v) is 12.3. The molecule has 2 amide bonds. The molecule has 1 aromatic rings. The molecular weight excluding hydrogens is 274 g/mol. The van der Waals surface area contributed by atoms with E-state index in [0.29, 0.717) is 24.6 Å². The minimum atomic E-state index is -0.305. The van der Waals surface area contributed by atoms with Crippen molar-refractivity contribution >= 4 is 17.5 Å². The molecule has 0 aromatic heterocycles. The van der Waals surface area contributed by atoms with Gasteiger partial charge < -0.3 is 25.4 Å². The Balaban J connectivity index is 2.34. The fourth-order valence-corrected chi connectivity index (χ4v) is 1.51. The van der Waals surface area contributed by atoms with Crippen molar-refractivity contribution in [3.05, 3.63) is 24.3 Å². The molecule has 7 heteroatoms. The quantitative estimate of drug-likeness (QED) is 0.514. The molecule has 1 aromatic carbocycles. The Hall–Kier alpha value is -2.28. The monoisotopic (exact) mass is 295 g/mol. The van der Waals surface area contributed by atoms with Gasteiger partial charge in [-0.05, 0) is 12.1 Å². The van der Waals surface area contributed by atoms with Gasteiger partial charge in [0.05, 0.1) is 18.8 Å². The Labute approximate surface area is 124 Å². The lowest BCUT2D eigenvalue weighted by atomic mass is 10.3. The van der Waals surface area contributed by atoms with Gasteiger partial charge in [0.1, 0.15) is 5.75 Å². The number of likely N-dealkylation sites (N-methyl/N-ethyl adjacent to an activating group) is 1. The first-order valence-corrected chi connectivity index (χ1v) is 6.51. The van der Waals surface area contributed by atoms with Crippen molar-refractivity contribution in [2.45, 2.75) is 0 Å². The summed E-state index contributed by atoms with van der Waals surface area (Å²) in [4.78, 5) is 24.7. The first-order chi connectivity index (χ1) is 10.0. The van der Waals surface area contributed by atoms with Crippen molar-refractivity contribution < 1.29 is 19.1 Å². The molecule has 0 heterocycles. The van der Waals surface area contributed by atoms with Gasteiger partial charge in [0, 0.05) is 20.7 Å². The molecule has 7 nitrogen and oxygen atoms in total. The van der Waals surface area contributed by atoms with E-state index < -0.39 is 0 Å². The van der Waals surface area contributed by atoms with Gasteiger partial charge in [0.2, 0.25) is 5.91 Å². The number of amides is 2. The molecule has 1 rings (SSSR count). The minimum absolute atomic E-state index is 0.0316. The van der Waals surface area contributed by atoms with Crippen LogP contribution in [0.5, 0.6) is 5.75 Å². The second-order valence-electron chi connectivity index (χ2n) is 4.42. The molecule has 0 fully saturated rings. The number of hydrogen-bond donors (Lipinski definition) is 2. The fourth-order valence-electron chi connectivity index (χ4n) is 1.51. The van der Waals surface area contributed by atoms with E-state index in [0.717, 1.165) is 0 Å². The maximum absolute atomic E-state index is 11.8. The Morgan fingerprint density at radius 2 is 2.05 bits per heavy atom. The summed E-state index contributed by atoms with van der Waals surface area (Å²) in [7, 11) is 3.09. The van der Waals surface area contributed by atoms with Crippen LogP contribution in [0, 0.1) is 0 Å². The highest BCUT2D eigenvalue weighted by molar-refractivity contribution is 5.85. The number of para-hydroxylation sites is 2. The number of methoxy groups -OCH3 is 1. The van der Waals surface area contributed by atoms with Crippen LogP contribution in [0.2, 0.25) is 0 Å². The molecule has 0 spiro atoms. The lowest BCUT2D eigenvalue weighted by Gasteiger charge is -2.17. The highest BCUT2D eigenvalue weighted by Crippen LogP contribution is 2.19. The molecule has 0 aliphatic carbocycles. The van der Waals surface area contributed by atoms with Crippen molar-refractivity contribution in [2.75, 3.05) is 46.2 Å². The maximum Gasteiger partial charge on any atom is 0.260 e. The van der Waals surface area contributed by atoms with Gasteiger partial charge in [0.25, 0.3) is 5.91 Å². The first-order valence-electron chi connectivity index (χ1n) is 6.51. The summed E-state index contributed by atoms with van der Waals surface area (Å²) in [5.41, 5.74) is 6.17. The number of ether oxygens (including phenoxy) is 2. The number of carbonyl (C=O) groups is 2. The zero-order chi connectivity index (χ0) is 15.7. The maximum atomic E-state index is 11.8. The number of carbonyl (C=O) groups excluding carboxylic acids is 2. The van der Waals surface area contributed by atoms with E-state index in [1.165, 1.54) is 11.9 Å². The topological polar surface area (TPSA) is 93.9 Å². The van der Waals surface area contributed by atoms with Gasteiger partial charge >= 0.3 is 0 Å². The summed E-state index contributed by atoms with van der Waals surface area (Å²) < 4.78 is 10.1. The molecule has 0 aliphatic heterocycles. The molecule has 0 bridgehead atoms. The van der Waals surface area contributed by atoms with Crippen LogP contribution in [0.15, 0.2) is 24.3 Å². The number of nitrogen functional groups attached to an aromatic ring is 1. The summed E-state index contributed by atoms with van der Waals surface area (Å²) in [6, 6.07) is 6.91. The van der Waals surface area contributed by atoms with Gasteiger partial charge in [-0.1, -0.05) is 12.1 Å². The first kappa shape index (κ1) is 16.8. The van der Waals surface area contributed by atoms with E-state index in [9.17, 15) is 9.59 Å². The van der Waals surface area contributed by atoms with Gasteiger partial charge in [-0.15, -0.1) is 0 Å². The van der Waals surface area contributed by atoms with E-state index in [-0.39, 0.29) is 25.0 Å². The average Bonchev–Trinajstić information content (AvgIpc) is 2.46. The Morgan fingerprint density at radius 3 is 2.71 bits per heavy atom. The molecule has 116 valence electrons. The molecule has 0 unspecified atom stereocenters. The number of hydrogen-bond acceptors (Lipinski definition) is 5. The standard InChI is InChI=1S/C14H21N3O4/c1-17(9-13(18)16-7-8-20-2)14(19)10-21-12-6-4-3-5-11(12)15/h3-6H,7-10,15H2,1-2H3,(H,16,18). The van der Waals surface area contributed by atoms with Crippen LogP contribution in [0.4, 0.5) is 5.69 Å². The van der Waals surface area contributed by atoms with Crippen molar-refractivity contribution in [1.82, 2.24) is 10.2 Å². The normalized spacial score (nSPS) is 10.0. The van der Waals surface area contributed by atoms with Crippen molar-refractivity contribution in [3.63, 3.8) is 0 Å². The van der Waals surface area contributed by atoms with Crippen LogP contribution in [-0.4, -0.2) is 57.2 Å². The van der Waals surface area contributed by atoms with Crippen LogP contribution >= 0.6 is 0 Å². The summed E-state index contributed by atoms with van der Waals surface area (Å²) in [6.45, 7) is 0.639. The Bertz CT molecular complexity index is 479. The van der Waals surface area contributed by atoms with Crippen LogP contribution in [-0.2, 0) is 14.3 Å². The van der Waals surface area contributed by atoms with Gasteiger partial charge in [0.15, 0.2) is 6.61 Å². The Kier molecular flexibility index (Phi) is 7.03. The van der Waals surface area contributed by atoms with Crippen molar-refractivity contribution in [3.8, 4) is 5.75 Å². The second kappa shape index (κ2) is 8.80.